The molecule has 19 heavy (non-hydrogen) atoms. The van der Waals surface area contributed by atoms with Gasteiger partial charge in [-0.3, -0.25) is 0 Å². The third kappa shape index (κ3) is 2.98. The number of carbonyl (C=O) groups is 1. The predicted octanol–water partition coefficient (Wildman–Crippen LogP) is 1.82. The molecule has 0 saturated carbocycles. The van der Waals surface area contributed by atoms with E-state index < -0.39 is 5.97 Å². The molecule has 0 amide bonds. The Morgan fingerprint density at radius 3 is 2.58 bits per heavy atom. The zero-order valence-electron chi connectivity index (χ0n) is 10.3. The van der Waals surface area contributed by atoms with Gasteiger partial charge in [-0.15, -0.1) is 0 Å². The molecule has 2 rings (SSSR count). The first-order chi connectivity index (χ1) is 9.10. The van der Waals surface area contributed by atoms with Crippen molar-refractivity contribution in [2.75, 3.05) is 12.3 Å². The summed E-state index contributed by atoms with van der Waals surface area (Å²) in [6.07, 6.45) is 0. The maximum Gasteiger partial charge on any atom is 0.354 e. The normalized spacial score (nSPS) is 10.2. The number of nitrogens with zero attached hydrogens (tertiary/aromatic N) is 2. The lowest BCUT2D eigenvalue weighted by molar-refractivity contribution is 0.0690. The van der Waals surface area contributed by atoms with Gasteiger partial charge in [-0.05, 0) is 37.3 Å². The first-order valence-electron chi connectivity index (χ1n) is 5.71. The molecule has 98 valence electrons. The third-order valence-corrected chi connectivity index (χ3v) is 2.42. The molecule has 0 aliphatic carbocycles. The molecule has 1 aromatic heterocycles. The molecular formula is C13H13N3O3. The molecule has 6 heteroatoms. The van der Waals surface area contributed by atoms with Crippen LogP contribution in [0.4, 0.5) is 5.95 Å². The molecule has 6 nitrogen and oxygen atoms in total. The first-order valence-corrected chi connectivity index (χ1v) is 5.71. The molecule has 0 spiro atoms. The molecule has 0 aliphatic rings. The van der Waals surface area contributed by atoms with Crippen LogP contribution < -0.4 is 10.5 Å². The highest BCUT2D eigenvalue weighted by Crippen LogP contribution is 2.22. The summed E-state index contributed by atoms with van der Waals surface area (Å²) in [5.41, 5.74) is 6.59. The summed E-state index contributed by atoms with van der Waals surface area (Å²) in [7, 11) is 0. The van der Waals surface area contributed by atoms with Crippen LogP contribution in [0.3, 0.4) is 0 Å². The van der Waals surface area contributed by atoms with Gasteiger partial charge in [0.25, 0.3) is 0 Å². The fraction of sp³-hybridized carbons (Fsp3) is 0.154. The van der Waals surface area contributed by atoms with Gasteiger partial charge in [0, 0.05) is 5.56 Å². The van der Waals surface area contributed by atoms with Crippen molar-refractivity contribution < 1.29 is 14.6 Å². The van der Waals surface area contributed by atoms with Crippen molar-refractivity contribution in [2.24, 2.45) is 0 Å². The fourth-order valence-electron chi connectivity index (χ4n) is 1.61. The Morgan fingerprint density at radius 2 is 2.00 bits per heavy atom. The summed E-state index contributed by atoms with van der Waals surface area (Å²) in [4.78, 5) is 18.6. The molecule has 0 atom stereocenters. The van der Waals surface area contributed by atoms with E-state index in [2.05, 4.69) is 9.97 Å². The Balaban J connectivity index is 2.38. The van der Waals surface area contributed by atoms with Gasteiger partial charge >= 0.3 is 5.97 Å². The number of rotatable bonds is 4. The summed E-state index contributed by atoms with van der Waals surface area (Å²) in [6, 6.07) is 8.54. The van der Waals surface area contributed by atoms with Gasteiger partial charge in [-0.1, -0.05) is 0 Å². The van der Waals surface area contributed by atoms with Crippen LogP contribution in [0.2, 0.25) is 0 Å². The van der Waals surface area contributed by atoms with Crippen molar-refractivity contribution >= 4 is 11.9 Å². The minimum atomic E-state index is -1.14. The zero-order chi connectivity index (χ0) is 13.8. The second-order valence-corrected chi connectivity index (χ2v) is 3.76. The Kier molecular flexibility index (Phi) is 3.61. The number of aromatic nitrogens is 2. The van der Waals surface area contributed by atoms with Gasteiger partial charge in [0.1, 0.15) is 5.75 Å². The average Bonchev–Trinajstić information content (AvgIpc) is 2.39. The highest BCUT2D eigenvalue weighted by molar-refractivity contribution is 5.87. The number of anilines is 1. The van der Waals surface area contributed by atoms with Crippen LogP contribution in [-0.2, 0) is 0 Å². The van der Waals surface area contributed by atoms with Crippen LogP contribution in [0, 0.1) is 0 Å². The number of benzene rings is 1. The molecule has 2 aromatic rings. The van der Waals surface area contributed by atoms with Crippen molar-refractivity contribution in [3.63, 3.8) is 0 Å². The van der Waals surface area contributed by atoms with E-state index >= 15 is 0 Å². The molecule has 1 heterocycles. The third-order valence-electron chi connectivity index (χ3n) is 2.42. The van der Waals surface area contributed by atoms with Gasteiger partial charge < -0.3 is 15.6 Å². The molecule has 1 aromatic carbocycles. The van der Waals surface area contributed by atoms with Gasteiger partial charge in [0.05, 0.1) is 12.3 Å². The van der Waals surface area contributed by atoms with E-state index in [1.54, 1.807) is 24.3 Å². The van der Waals surface area contributed by atoms with Gasteiger partial charge in [0.2, 0.25) is 5.95 Å². The average molecular weight is 259 g/mol. The number of hydrogen-bond donors (Lipinski definition) is 2. The van der Waals surface area contributed by atoms with E-state index in [0.29, 0.717) is 12.3 Å². The van der Waals surface area contributed by atoms with Crippen LogP contribution in [0.15, 0.2) is 30.3 Å². The van der Waals surface area contributed by atoms with E-state index in [1.807, 2.05) is 6.92 Å². The van der Waals surface area contributed by atoms with Crippen molar-refractivity contribution in [1.29, 1.82) is 0 Å². The van der Waals surface area contributed by atoms with E-state index in [9.17, 15) is 4.79 Å². The van der Waals surface area contributed by atoms with Gasteiger partial charge in [-0.25, -0.2) is 14.8 Å². The lowest BCUT2D eigenvalue weighted by Gasteiger charge is -2.06. The van der Waals surface area contributed by atoms with E-state index in [0.717, 1.165) is 11.3 Å². The monoisotopic (exact) mass is 259 g/mol. The molecule has 3 N–H and O–H groups in total. The maximum atomic E-state index is 10.9. The minimum Gasteiger partial charge on any atom is -0.494 e. The molecule has 0 aliphatic heterocycles. The Morgan fingerprint density at radius 1 is 1.32 bits per heavy atom. The summed E-state index contributed by atoms with van der Waals surface area (Å²) >= 11 is 0. The Labute approximate surface area is 109 Å². The maximum absolute atomic E-state index is 10.9. The van der Waals surface area contributed by atoms with E-state index in [4.69, 9.17) is 15.6 Å². The molecule has 0 saturated heterocycles. The molecule has 0 fully saturated rings. The number of aromatic carboxylic acids is 1. The van der Waals surface area contributed by atoms with Crippen molar-refractivity contribution in [2.45, 2.75) is 6.92 Å². The summed E-state index contributed by atoms with van der Waals surface area (Å²) in [5.74, 6) is -0.461. The summed E-state index contributed by atoms with van der Waals surface area (Å²) in [6.45, 7) is 2.49. The second kappa shape index (κ2) is 5.34. The highest BCUT2D eigenvalue weighted by Gasteiger charge is 2.10. The Hall–Kier alpha value is -2.63. The van der Waals surface area contributed by atoms with E-state index in [-0.39, 0.29) is 11.6 Å². The number of ether oxygens (including phenoxy) is 1. The van der Waals surface area contributed by atoms with Gasteiger partial charge in [-0.2, -0.15) is 0 Å². The quantitative estimate of drug-likeness (QED) is 0.869. The topological polar surface area (TPSA) is 98.3 Å². The molecular weight excluding hydrogens is 246 g/mol. The van der Waals surface area contributed by atoms with Crippen LogP contribution in [-0.4, -0.2) is 27.7 Å². The van der Waals surface area contributed by atoms with Crippen LogP contribution in [0.25, 0.3) is 11.3 Å². The van der Waals surface area contributed by atoms with Crippen molar-refractivity contribution in [3.8, 4) is 17.0 Å². The number of carboxylic acids is 1. The zero-order valence-corrected chi connectivity index (χ0v) is 10.3. The molecule has 0 unspecified atom stereocenters. The predicted molar refractivity (Wildman–Crippen MR) is 70.0 cm³/mol. The fourth-order valence-corrected chi connectivity index (χ4v) is 1.61. The van der Waals surface area contributed by atoms with Crippen LogP contribution in [0.5, 0.6) is 5.75 Å². The summed E-state index contributed by atoms with van der Waals surface area (Å²) < 4.78 is 5.33. The minimum absolute atomic E-state index is 0.0659. The van der Waals surface area contributed by atoms with Crippen molar-refractivity contribution in [1.82, 2.24) is 9.97 Å². The van der Waals surface area contributed by atoms with E-state index in [1.165, 1.54) is 6.07 Å². The summed E-state index contributed by atoms with van der Waals surface area (Å²) in [5, 5.41) is 8.93. The molecule has 0 radical (unpaired) electrons. The standard InChI is InChI=1S/C13H13N3O3/c1-2-19-9-5-3-8(4-6-9)10-7-11(12(17)18)16-13(14)15-10/h3-7H,2H2,1H3,(H,17,18)(H2,14,15,16). The largest absolute Gasteiger partial charge is 0.494 e. The number of hydrogen-bond acceptors (Lipinski definition) is 5. The highest BCUT2D eigenvalue weighted by atomic mass is 16.5. The number of nitrogens with two attached hydrogens (primary N) is 1. The Bertz CT molecular complexity index is 597. The first kappa shape index (κ1) is 12.8. The van der Waals surface area contributed by atoms with Crippen molar-refractivity contribution in [3.05, 3.63) is 36.0 Å². The molecule has 0 bridgehead atoms. The smallest absolute Gasteiger partial charge is 0.354 e. The number of carboxylic acid groups (broad SMARTS) is 1. The van der Waals surface area contributed by atoms with Gasteiger partial charge in [0.15, 0.2) is 5.69 Å². The number of nitrogen functional groups attached to an aromatic ring is 1. The van der Waals surface area contributed by atoms with Crippen LogP contribution in [0.1, 0.15) is 17.4 Å². The second-order valence-electron chi connectivity index (χ2n) is 3.76. The lowest BCUT2D eigenvalue weighted by atomic mass is 10.1. The van der Waals surface area contributed by atoms with Crippen LogP contribution >= 0.6 is 0 Å². The SMILES string of the molecule is CCOc1ccc(-c2cc(C(=O)O)nc(N)n2)cc1. The lowest BCUT2D eigenvalue weighted by Crippen LogP contribution is -2.06.